The number of ether oxygens (including phenoxy) is 2. The van der Waals surface area contributed by atoms with Crippen LogP contribution < -0.4 is 5.32 Å². The average molecular weight is 187 g/mol. The summed E-state index contributed by atoms with van der Waals surface area (Å²) in [5.74, 6) is -0.706. The molecule has 2 atom stereocenters. The summed E-state index contributed by atoms with van der Waals surface area (Å²) < 4.78 is 9.80. The fraction of sp³-hybridized carbons (Fsp3) is 0.750. The van der Waals surface area contributed by atoms with Gasteiger partial charge in [-0.15, -0.1) is 0 Å². The molecule has 1 fully saturated rings. The highest BCUT2D eigenvalue weighted by atomic mass is 16.5. The molecule has 0 bridgehead atoms. The third kappa shape index (κ3) is 2.42. The fourth-order valence-corrected chi connectivity index (χ4v) is 1.41. The van der Waals surface area contributed by atoms with Gasteiger partial charge in [-0.05, 0) is 12.8 Å². The normalized spacial score (nSPS) is 27.8. The zero-order valence-electron chi connectivity index (χ0n) is 7.49. The van der Waals surface area contributed by atoms with Crippen molar-refractivity contribution in [2.45, 2.75) is 19.1 Å². The Kier molecular flexibility index (Phi) is 3.70. The minimum atomic E-state index is -0.529. The molecule has 1 N–H and O–H groups in total. The first-order valence-corrected chi connectivity index (χ1v) is 4.18. The second-order valence-corrected chi connectivity index (χ2v) is 2.85. The minimum absolute atomic E-state index is 0.334. The van der Waals surface area contributed by atoms with Crippen LogP contribution in [-0.4, -0.2) is 32.3 Å². The third-order valence-corrected chi connectivity index (χ3v) is 2.06. The van der Waals surface area contributed by atoms with E-state index >= 15 is 0 Å². The van der Waals surface area contributed by atoms with Crippen LogP contribution in [0.25, 0.3) is 0 Å². The predicted molar refractivity (Wildman–Crippen MR) is 43.7 cm³/mol. The lowest BCUT2D eigenvalue weighted by Gasteiger charge is -2.28. The van der Waals surface area contributed by atoms with Crippen molar-refractivity contribution in [1.29, 1.82) is 0 Å². The number of nitrogens with one attached hydrogen (secondary N) is 1. The van der Waals surface area contributed by atoms with Gasteiger partial charge < -0.3 is 14.8 Å². The molecule has 0 radical (unpaired) electrons. The molecule has 0 aromatic carbocycles. The zero-order chi connectivity index (χ0) is 9.68. The van der Waals surface area contributed by atoms with Crippen LogP contribution in [0.2, 0.25) is 0 Å². The van der Waals surface area contributed by atoms with E-state index < -0.39 is 6.23 Å². The molecule has 1 amide bonds. The Balaban J connectivity index is 2.55. The number of hydrogen-bond acceptors (Lipinski definition) is 4. The van der Waals surface area contributed by atoms with Crippen molar-refractivity contribution in [3.63, 3.8) is 0 Å². The molecule has 74 valence electrons. The van der Waals surface area contributed by atoms with Crippen LogP contribution in [0.15, 0.2) is 0 Å². The van der Waals surface area contributed by atoms with Crippen LogP contribution in [0.1, 0.15) is 12.8 Å². The van der Waals surface area contributed by atoms with Crippen molar-refractivity contribution in [2.75, 3.05) is 13.7 Å². The van der Waals surface area contributed by atoms with Crippen LogP contribution in [0.5, 0.6) is 0 Å². The summed E-state index contributed by atoms with van der Waals surface area (Å²) in [6.07, 6.45) is 1.51. The van der Waals surface area contributed by atoms with E-state index in [1.54, 1.807) is 0 Å². The minimum Gasteiger partial charge on any atom is -0.469 e. The highest BCUT2D eigenvalue weighted by molar-refractivity contribution is 5.73. The number of carbonyl (C=O) groups excluding carboxylic acids is 2. The third-order valence-electron chi connectivity index (χ3n) is 2.06. The van der Waals surface area contributed by atoms with Gasteiger partial charge >= 0.3 is 5.97 Å². The molecular formula is C8H13NO4. The molecule has 13 heavy (non-hydrogen) atoms. The molecule has 1 aliphatic heterocycles. The van der Waals surface area contributed by atoms with Crippen LogP contribution in [0.4, 0.5) is 0 Å². The number of amides is 1. The summed E-state index contributed by atoms with van der Waals surface area (Å²) in [4.78, 5) is 21.4. The smallest absolute Gasteiger partial charge is 0.313 e. The van der Waals surface area contributed by atoms with Crippen molar-refractivity contribution < 1.29 is 19.1 Å². The standard InChI is InChI=1S/C8H13NO4/c1-12-8(11)6-3-2-4-13-7(6)9-5-10/h5-7H,2-4H2,1H3,(H,9,10). The topological polar surface area (TPSA) is 64.6 Å². The Morgan fingerprint density at radius 3 is 3.08 bits per heavy atom. The van der Waals surface area contributed by atoms with E-state index in [2.05, 4.69) is 10.1 Å². The average Bonchev–Trinajstić information content (AvgIpc) is 2.18. The maximum Gasteiger partial charge on any atom is 0.313 e. The number of carbonyl (C=O) groups is 2. The highest BCUT2D eigenvalue weighted by Gasteiger charge is 2.32. The summed E-state index contributed by atoms with van der Waals surface area (Å²) in [6.45, 7) is 0.568. The van der Waals surface area contributed by atoms with E-state index in [1.807, 2.05) is 0 Å². The second kappa shape index (κ2) is 4.81. The van der Waals surface area contributed by atoms with Crippen LogP contribution in [-0.2, 0) is 19.1 Å². The van der Waals surface area contributed by atoms with Crippen LogP contribution in [0, 0.1) is 5.92 Å². The molecule has 0 saturated carbocycles. The monoisotopic (exact) mass is 187 g/mol. The lowest BCUT2D eigenvalue weighted by Crippen LogP contribution is -2.44. The van der Waals surface area contributed by atoms with Crippen molar-refractivity contribution in [3.8, 4) is 0 Å². The maximum atomic E-state index is 11.2. The van der Waals surface area contributed by atoms with Crippen molar-refractivity contribution >= 4 is 12.4 Å². The lowest BCUT2D eigenvalue weighted by atomic mass is 9.99. The first kappa shape index (κ1) is 9.98. The molecule has 1 heterocycles. The summed E-state index contributed by atoms with van der Waals surface area (Å²) in [6, 6.07) is 0. The zero-order valence-corrected chi connectivity index (χ0v) is 7.49. The Labute approximate surface area is 76.4 Å². The van der Waals surface area contributed by atoms with Gasteiger partial charge in [0.15, 0.2) is 0 Å². The van der Waals surface area contributed by atoms with Gasteiger partial charge in [0.2, 0.25) is 6.41 Å². The van der Waals surface area contributed by atoms with E-state index in [9.17, 15) is 9.59 Å². The molecule has 1 saturated heterocycles. The largest absolute Gasteiger partial charge is 0.469 e. The summed E-state index contributed by atoms with van der Waals surface area (Å²) in [5, 5.41) is 2.45. The second-order valence-electron chi connectivity index (χ2n) is 2.85. The van der Waals surface area contributed by atoms with E-state index in [0.29, 0.717) is 19.4 Å². The molecule has 1 aliphatic rings. The van der Waals surface area contributed by atoms with Gasteiger partial charge in [0.05, 0.1) is 7.11 Å². The number of hydrogen-bond donors (Lipinski definition) is 1. The summed E-state index contributed by atoms with van der Waals surface area (Å²) in [5.41, 5.74) is 0. The van der Waals surface area contributed by atoms with E-state index in [1.165, 1.54) is 7.11 Å². The van der Waals surface area contributed by atoms with Gasteiger partial charge in [0.25, 0.3) is 0 Å². The Morgan fingerprint density at radius 2 is 2.46 bits per heavy atom. The van der Waals surface area contributed by atoms with E-state index in [0.717, 1.165) is 6.42 Å². The van der Waals surface area contributed by atoms with Crippen LogP contribution >= 0.6 is 0 Å². The van der Waals surface area contributed by atoms with Gasteiger partial charge in [0.1, 0.15) is 12.1 Å². The fourth-order valence-electron chi connectivity index (χ4n) is 1.41. The molecule has 0 spiro atoms. The van der Waals surface area contributed by atoms with Crippen molar-refractivity contribution in [3.05, 3.63) is 0 Å². The molecule has 0 aromatic rings. The van der Waals surface area contributed by atoms with Gasteiger partial charge in [0, 0.05) is 6.61 Å². The first-order valence-electron chi connectivity index (χ1n) is 4.18. The first-order chi connectivity index (χ1) is 6.29. The van der Waals surface area contributed by atoms with E-state index in [4.69, 9.17) is 4.74 Å². The Hall–Kier alpha value is -1.10. The molecule has 2 unspecified atom stereocenters. The summed E-state index contributed by atoms with van der Waals surface area (Å²) in [7, 11) is 1.33. The number of methoxy groups -OCH3 is 1. The Bertz CT molecular complexity index is 195. The number of esters is 1. The molecule has 5 heteroatoms. The molecule has 1 rings (SSSR count). The van der Waals surface area contributed by atoms with Gasteiger partial charge in [-0.3, -0.25) is 9.59 Å². The van der Waals surface area contributed by atoms with Gasteiger partial charge in [-0.1, -0.05) is 0 Å². The SMILES string of the molecule is COC(=O)C1CCCOC1NC=O. The molecule has 0 aliphatic carbocycles. The molecule has 5 nitrogen and oxygen atoms in total. The quantitative estimate of drug-likeness (QED) is 0.485. The van der Waals surface area contributed by atoms with E-state index in [-0.39, 0.29) is 11.9 Å². The van der Waals surface area contributed by atoms with Crippen molar-refractivity contribution in [1.82, 2.24) is 5.32 Å². The predicted octanol–water partition coefficient (Wildman–Crippen LogP) is -0.342. The molecule has 0 aromatic heterocycles. The van der Waals surface area contributed by atoms with Gasteiger partial charge in [-0.25, -0.2) is 0 Å². The Morgan fingerprint density at radius 1 is 1.69 bits per heavy atom. The number of rotatable bonds is 3. The van der Waals surface area contributed by atoms with Gasteiger partial charge in [-0.2, -0.15) is 0 Å². The highest BCUT2D eigenvalue weighted by Crippen LogP contribution is 2.19. The molecular weight excluding hydrogens is 174 g/mol. The van der Waals surface area contributed by atoms with Crippen LogP contribution in [0.3, 0.4) is 0 Å². The summed E-state index contributed by atoms with van der Waals surface area (Å²) >= 11 is 0. The van der Waals surface area contributed by atoms with Crippen molar-refractivity contribution in [2.24, 2.45) is 5.92 Å². The maximum absolute atomic E-state index is 11.2. The lowest BCUT2D eigenvalue weighted by molar-refractivity contribution is -0.157.